The lowest BCUT2D eigenvalue weighted by Crippen LogP contribution is -2.14. The van der Waals surface area contributed by atoms with Crippen LogP contribution in [0.5, 0.6) is 0 Å². The van der Waals surface area contributed by atoms with E-state index in [4.69, 9.17) is 0 Å². The number of fused-ring (bicyclic) bond motifs is 1. The molecule has 0 saturated heterocycles. The zero-order valence-corrected chi connectivity index (χ0v) is 12.8. The SMILES string of the molecule is CC1CC1c1cc(NC(=O)Cc2ccc3c(c2)NC(=O)C3)n[nH]1. The van der Waals surface area contributed by atoms with Crippen molar-refractivity contribution in [2.24, 2.45) is 5.92 Å². The third-order valence-corrected chi connectivity index (χ3v) is 4.54. The normalized spacial score (nSPS) is 21.7. The minimum Gasteiger partial charge on any atom is -0.326 e. The fraction of sp³-hybridized carbons (Fsp3) is 0.353. The molecule has 2 heterocycles. The number of anilines is 2. The van der Waals surface area contributed by atoms with Gasteiger partial charge in [-0.25, -0.2) is 0 Å². The Kier molecular flexibility index (Phi) is 3.18. The van der Waals surface area contributed by atoms with Crippen molar-refractivity contribution in [1.82, 2.24) is 10.2 Å². The lowest BCUT2D eigenvalue weighted by Gasteiger charge is -2.04. The highest BCUT2D eigenvalue weighted by Gasteiger charge is 2.35. The third kappa shape index (κ3) is 2.84. The molecule has 1 aliphatic heterocycles. The van der Waals surface area contributed by atoms with Gasteiger partial charge in [0, 0.05) is 23.4 Å². The Balaban J connectivity index is 1.39. The first-order valence-electron chi connectivity index (χ1n) is 7.85. The molecule has 1 saturated carbocycles. The summed E-state index contributed by atoms with van der Waals surface area (Å²) in [7, 11) is 0. The van der Waals surface area contributed by atoms with Crippen LogP contribution in [-0.2, 0) is 22.4 Å². The van der Waals surface area contributed by atoms with Gasteiger partial charge in [-0.2, -0.15) is 5.10 Å². The molecule has 2 aliphatic rings. The number of nitrogens with one attached hydrogen (secondary N) is 3. The zero-order valence-electron chi connectivity index (χ0n) is 12.8. The summed E-state index contributed by atoms with van der Waals surface area (Å²) in [6.45, 7) is 2.20. The van der Waals surface area contributed by atoms with Crippen molar-refractivity contribution in [2.45, 2.75) is 32.1 Å². The minimum atomic E-state index is -0.115. The van der Waals surface area contributed by atoms with Crippen LogP contribution in [0, 0.1) is 5.92 Å². The van der Waals surface area contributed by atoms with E-state index in [0.717, 1.165) is 22.5 Å². The number of nitrogens with zero attached hydrogens (tertiary/aromatic N) is 1. The molecule has 2 amide bonds. The van der Waals surface area contributed by atoms with Crippen LogP contribution in [0.25, 0.3) is 0 Å². The number of hydrogen-bond donors (Lipinski definition) is 3. The molecule has 2 unspecified atom stereocenters. The maximum absolute atomic E-state index is 12.2. The van der Waals surface area contributed by atoms with E-state index < -0.39 is 0 Å². The number of benzene rings is 1. The summed E-state index contributed by atoms with van der Waals surface area (Å²) in [5, 5.41) is 12.8. The first-order chi connectivity index (χ1) is 11.1. The summed E-state index contributed by atoms with van der Waals surface area (Å²) in [5.74, 6) is 1.70. The molecule has 6 nitrogen and oxygen atoms in total. The fourth-order valence-electron chi connectivity index (χ4n) is 3.09. The monoisotopic (exact) mass is 310 g/mol. The van der Waals surface area contributed by atoms with Gasteiger partial charge in [0.2, 0.25) is 11.8 Å². The highest BCUT2D eigenvalue weighted by Crippen LogP contribution is 2.46. The van der Waals surface area contributed by atoms with Crippen LogP contribution in [0.4, 0.5) is 11.5 Å². The average molecular weight is 310 g/mol. The van der Waals surface area contributed by atoms with Crippen molar-refractivity contribution in [3.05, 3.63) is 41.1 Å². The molecule has 2 aromatic rings. The van der Waals surface area contributed by atoms with Crippen LogP contribution < -0.4 is 10.6 Å². The zero-order chi connectivity index (χ0) is 16.0. The summed E-state index contributed by atoms with van der Waals surface area (Å²) in [4.78, 5) is 23.5. The van der Waals surface area contributed by atoms with Crippen molar-refractivity contribution in [3.63, 3.8) is 0 Å². The van der Waals surface area contributed by atoms with Gasteiger partial charge in [0.1, 0.15) is 0 Å². The van der Waals surface area contributed by atoms with E-state index in [1.54, 1.807) is 0 Å². The average Bonchev–Trinajstić information content (AvgIpc) is 2.91. The maximum Gasteiger partial charge on any atom is 0.229 e. The molecule has 0 spiro atoms. The van der Waals surface area contributed by atoms with Crippen LogP contribution in [-0.4, -0.2) is 22.0 Å². The van der Waals surface area contributed by atoms with Gasteiger partial charge in [-0.3, -0.25) is 14.7 Å². The van der Waals surface area contributed by atoms with Crippen LogP contribution >= 0.6 is 0 Å². The molecule has 118 valence electrons. The number of rotatable bonds is 4. The molecule has 4 rings (SSSR count). The standard InChI is InChI=1S/C17H18N4O2/c1-9-4-12(9)14-8-15(21-20-14)19-16(22)6-10-2-3-11-7-17(23)18-13(11)5-10/h2-3,5,8-9,12H,4,6-7H2,1H3,(H,18,23)(H2,19,20,21,22). The summed E-state index contributed by atoms with van der Waals surface area (Å²) >= 11 is 0. The predicted octanol–water partition coefficient (Wildman–Crippen LogP) is 2.21. The summed E-state index contributed by atoms with van der Waals surface area (Å²) in [6, 6.07) is 7.56. The third-order valence-electron chi connectivity index (χ3n) is 4.54. The van der Waals surface area contributed by atoms with Gasteiger partial charge < -0.3 is 10.6 Å². The highest BCUT2D eigenvalue weighted by molar-refractivity contribution is 5.99. The first-order valence-corrected chi connectivity index (χ1v) is 7.85. The number of amides is 2. The second-order valence-corrected chi connectivity index (χ2v) is 6.47. The van der Waals surface area contributed by atoms with Crippen molar-refractivity contribution >= 4 is 23.3 Å². The lowest BCUT2D eigenvalue weighted by molar-refractivity contribution is -0.116. The molecule has 23 heavy (non-hydrogen) atoms. The largest absolute Gasteiger partial charge is 0.326 e. The van der Waals surface area contributed by atoms with E-state index >= 15 is 0 Å². The van der Waals surface area contributed by atoms with Crippen molar-refractivity contribution in [3.8, 4) is 0 Å². The Morgan fingerprint density at radius 2 is 2.22 bits per heavy atom. The molecular weight excluding hydrogens is 292 g/mol. The molecule has 6 heteroatoms. The number of carbonyl (C=O) groups excluding carboxylic acids is 2. The van der Waals surface area contributed by atoms with Crippen LogP contribution in [0.2, 0.25) is 0 Å². The molecular formula is C17H18N4O2. The highest BCUT2D eigenvalue weighted by atomic mass is 16.2. The molecule has 1 aromatic heterocycles. The van der Waals surface area contributed by atoms with E-state index in [1.165, 1.54) is 6.42 Å². The first kappa shape index (κ1) is 14.0. The summed E-state index contributed by atoms with van der Waals surface area (Å²) in [5.41, 5.74) is 3.75. The number of H-pyrrole nitrogens is 1. The molecule has 1 fully saturated rings. The van der Waals surface area contributed by atoms with Gasteiger partial charge in [0.05, 0.1) is 12.8 Å². The Hall–Kier alpha value is -2.63. The van der Waals surface area contributed by atoms with Crippen LogP contribution in [0.15, 0.2) is 24.3 Å². The molecule has 1 aliphatic carbocycles. The van der Waals surface area contributed by atoms with Crippen molar-refractivity contribution in [1.29, 1.82) is 0 Å². The molecule has 3 N–H and O–H groups in total. The van der Waals surface area contributed by atoms with Gasteiger partial charge in [-0.05, 0) is 29.5 Å². The van der Waals surface area contributed by atoms with Crippen LogP contribution in [0.3, 0.4) is 0 Å². The second-order valence-electron chi connectivity index (χ2n) is 6.47. The van der Waals surface area contributed by atoms with Gasteiger partial charge >= 0.3 is 0 Å². The summed E-state index contributed by atoms with van der Waals surface area (Å²) in [6.07, 6.45) is 1.85. The van der Waals surface area contributed by atoms with E-state index in [-0.39, 0.29) is 18.2 Å². The van der Waals surface area contributed by atoms with E-state index in [9.17, 15) is 9.59 Å². The minimum absolute atomic E-state index is 0.0000389. The van der Waals surface area contributed by atoms with Crippen molar-refractivity contribution in [2.75, 3.05) is 10.6 Å². The van der Waals surface area contributed by atoms with Gasteiger partial charge in [0.25, 0.3) is 0 Å². The van der Waals surface area contributed by atoms with Crippen molar-refractivity contribution < 1.29 is 9.59 Å². The second kappa shape index (κ2) is 5.22. The van der Waals surface area contributed by atoms with E-state index in [1.807, 2.05) is 24.3 Å². The smallest absolute Gasteiger partial charge is 0.229 e. The van der Waals surface area contributed by atoms with Gasteiger partial charge in [0.15, 0.2) is 5.82 Å². The molecule has 1 aromatic carbocycles. The Labute approximate surface area is 133 Å². The van der Waals surface area contributed by atoms with Gasteiger partial charge in [-0.1, -0.05) is 19.1 Å². The summed E-state index contributed by atoms with van der Waals surface area (Å²) < 4.78 is 0. The predicted molar refractivity (Wildman–Crippen MR) is 86.2 cm³/mol. The Bertz CT molecular complexity index is 796. The number of hydrogen-bond acceptors (Lipinski definition) is 3. The molecule has 0 radical (unpaired) electrons. The molecule has 2 atom stereocenters. The van der Waals surface area contributed by atoms with E-state index in [0.29, 0.717) is 24.1 Å². The maximum atomic E-state index is 12.2. The topological polar surface area (TPSA) is 86.9 Å². The quantitative estimate of drug-likeness (QED) is 0.809. The lowest BCUT2D eigenvalue weighted by atomic mass is 10.1. The fourth-order valence-corrected chi connectivity index (χ4v) is 3.09. The molecule has 0 bridgehead atoms. The number of aromatic amines is 1. The Morgan fingerprint density at radius 1 is 1.39 bits per heavy atom. The number of carbonyl (C=O) groups is 2. The van der Waals surface area contributed by atoms with Crippen LogP contribution in [0.1, 0.15) is 36.1 Å². The van der Waals surface area contributed by atoms with E-state index in [2.05, 4.69) is 27.8 Å². The van der Waals surface area contributed by atoms with Gasteiger partial charge in [-0.15, -0.1) is 0 Å². The number of aromatic nitrogens is 2. The Morgan fingerprint density at radius 3 is 3.00 bits per heavy atom.